The second-order valence-corrected chi connectivity index (χ2v) is 5.57. The Labute approximate surface area is 133 Å². The molecule has 3 aromatic heterocycles. The minimum Gasteiger partial charge on any atom is -0.481 e. The highest BCUT2D eigenvalue weighted by Crippen LogP contribution is 2.27. The van der Waals surface area contributed by atoms with E-state index in [0.29, 0.717) is 12.4 Å². The lowest BCUT2D eigenvalue weighted by atomic mass is 10.2. The van der Waals surface area contributed by atoms with E-state index in [1.54, 1.807) is 19.5 Å². The van der Waals surface area contributed by atoms with Crippen LogP contribution in [0.25, 0.3) is 16.9 Å². The summed E-state index contributed by atoms with van der Waals surface area (Å²) in [5.74, 6) is 1.38. The molecule has 1 fully saturated rings. The zero-order valence-electron chi connectivity index (χ0n) is 12.8. The van der Waals surface area contributed by atoms with Gasteiger partial charge < -0.3 is 14.7 Å². The number of nitrogens with zero attached hydrogens (tertiary/aromatic N) is 5. The Kier molecular flexibility index (Phi) is 3.34. The monoisotopic (exact) mass is 311 g/mol. The number of imidazole rings is 1. The fourth-order valence-corrected chi connectivity index (χ4v) is 2.93. The van der Waals surface area contributed by atoms with E-state index in [1.165, 1.54) is 0 Å². The third kappa shape index (κ3) is 2.39. The van der Waals surface area contributed by atoms with Gasteiger partial charge in [-0.05, 0) is 12.5 Å². The lowest BCUT2D eigenvalue weighted by Gasteiger charge is -2.17. The first kappa shape index (κ1) is 14.0. The number of pyridine rings is 1. The van der Waals surface area contributed by atoms with Gasteiger partial charge in [-0.2, -0.15) is 0 Å². The van der Waals surface area contributed by atoms with Gasteiger partial charge >= 0.3 is 0 Å². The number of methoxy groups -OCH3 is 1. The molecule has 0 radical (unpaired) electrons. The van der Waals surface area contributed by atoms with Crippen molar-refractivity contribution < 1.29 is 9.84 Å². The lowest BCUT2D eigenvalue weighted by Crippen LogP contribution is -2.23. The Hall–Kier alpha value is -2.67. The van der Waals surface area contributed by atoms with E-state index in [9.17, 15) is 5.11 Å². The van der Waals surface area contributed by atoms with Crippen molar-refractivity contribution in [2.24, 2.45) is 0 Å². The Balaban J connectivity index is 1.77. The SMILES string of the molecule is COc1ccc(-c2cnc3c(N4CCC(O)C4)nccn23)cn1. The van der Waals surface area contributed by atoms with E-state index in [2.05, 4.69) is 19.9 Å². The van der Waals surface area contributed by atoms with Crippen LogP contribution in [0.5, 0.6) is 5.88 Å². The fourth-order valence-electron chi connectivity index (χ4n) is 2.93. The van der Waals surface area contributed by atoms with Gasteiger partial charge in [0.05, 0.1) is 25.1 Å². The lowest BCUT2D eigenvalue weighted by molar-refractivity contribution is 0.198. The second-order valence-electron chi connectivity index (χ2n) is 5.57. The van der Waals surface area contributed by atoms with Gasteiger partial charge in [0.25, 0.3) is 0 Å². The molecule has 0 spiro atoms. The van der Waals surface area contributed by atoms with Gasteiger partial charge in [-0.15, -0.1) is 0 Å². The number of fused-ring (bicyclic) bond motifs is 1. The average molecular weight is 311 g/mol. The van der Waals surface area contributed by atoms with E-state index in [-0.39, 0.29) is 6.10 Å². The molecule has 1 aliphatic heterocycles. The molecule has 1 atom stereocenters. The smallest absolute Gasteiger partial charge is 0.212 e. The number of aliphatic hydroxyl groups is 1. The first-order valence-electron chi connectivity index (χ1n) is 7.52. The molecular formula is C16H17N5O2. The van der Waals surface area contributed by atoms with Gasteiger partial charge in [-0.1, -0.05) is 0 Å². The number of β-amino-alcohol motifs (C(OH)–C–C–N with tert-alkyl or cyclic N) is 1. The number of aliphatic hydroxyl groups excluding tert-OH is 1. The van der Waals surface area contributed by atoms with Crippen LogP contribution in [0, 0.1) is 0 Å². The third-order valence-electron chi connectivity index (χ3n) is 4.11. The summed E-state index contributed by atoms with van der Waals surface area (Å²) < 4.78 is 7.09. The molecule has 1 aliphatic rings. The van der Waals surface area contributed by atoms with Crippen LogP contribution in [0.3, 0.4) is 0 Å². The molecule has 0 aliphatic carbocycles. The minimum atomic E-state index is -0.294. The Morgan fingerprint density at radius 1 is 1.22 bits per heavy atom. The predicted molar refractivity (Wildman–Crippen MR) is 85.6 cm³/mol. The number of rotatable bonds is 3. The van der Waals surface area contributed by atoms with Gasteiger partial charge in [0.2, 0.25) is 5.88 Å². The van der Waals surface area contributed by atoms with Crippen LogP contribution in [-0.2, 0) is 0 Å². The number of hydrogen-bond acceptors (Lipinski definition) is 6. The van der Waals surface area contributed by atoms with Crippen LogP contribution < -0.4 is 9.64 Å². The molecule has 1 unspecified atom stereocenters. The Morgan fingerprint density at radius 2 is 2.13 bits per heavy atom. The molecule has 0 amide bonds. The molecule has 7 nitrogen and oxygen atoms in total. The normalized spacial score (nSPS) is 17.8. The summed E-state index contributed by atoms with van der Waals surface area (Å²) in [7, 11) is 1.60. The second kappa shape index (κ2) is 5.51. The summed E-state index contributed by atoms with van der Waals surface area (Å²) in [6.45, 7) is 1.39. The predicted octanol–water partition coefficient (Wildman–Crippen LogP) is 1.37. The Bertz CT molecular complexity index is 830. The van der Waals surface area contributed by atoms with Crippen molar-refractivity contribution in [3.8, 4) is 17.1 Å². The number of aromatic nitrogens is 4. The van der Waals surface area contributed by atoms with Gasteiger partial charge in [0, 0.05) is 43.3 Å². The maximum absolute atomic E-state index is 9.75. The molecule has 1 N–H and O–H groups in total. The molecule has 4 heterocycles. The van der Waals surface area contributed by atoms with Crippen LogP contribution in [0.2, 0.25) is 0 Å². The summed E-state index contributed by atoms with van der Waals surface area (Å²) >= 11 is 0. The van der Waals surface area contributed by atoms with Crippen molar-refractivity contribution >= 4 is 11.5 Å². The summed E-state index contributed by atoms with van der Waals surface area (Å²) in [6.07, 6.45) is 7.70. The van der Waals surface area contributed by atoms with Gasteiger partial charge in [0.15, 0.2) is 11.5 Å². The Morgan fingerprint density at radius 3 is 2.83 bits per heavy atom. The highest BCUT2D eigenvalue weighted by Gasteiger charge is 2.24. The van der Waals surface area contributed by atoms with Crippen LogP contribution in [0.1, 0.15) is 6.42 Å². The zero-order valence-corrected chi connectivity index (χ0v) is 12.8. The molecule has 3 aromatic rings. The van der Waals surface area contributed by atoms with Crippen LogP contribution >= 0.6 is 0 Å². The summed E-state index contributed by atoms with van der Waals surface area (Å²) in [6, 6.07) is 3.78. The minimum absolute atomic E-state index is 0.294. The van der Waals surface area contributed by atoms with Crippen LogP contribution in [-0.4, -0.2) is 50.8 Å². The standard InChI is InChI=1S/C16H17N5O2/c1-23-14-3-2-11(8-18-14)13-9-19-16-15(17-5-7-21(13)16)20-6-4-12(22)10-20/h2-3,5,7-9,12,22H,4,6,10H2,1H3. The van der Waals surface area contributed by atoms with Crippen molar-refractivity contribution in [1.29, 1.82) is 0 Å². The van der Waals surface area contributed by atoms with Crippen molar-refractivity contribution in [1.82, 2.24) is 19.4 Å². The molecule has 0 bridgehead atoms. The van der Waals surface area contributed by atoms with Crippen molar-refractivity contribution in [3.05, 3.63) is 36.9 Å². The first-order chi connectivity index (χ1) is 11.3. The van der Waals surface area contributed by atoms with Crippen LogP contribution in [0.15, 0.2) is 36.9 Å². The van der Waals surface area contributed by atoms with E-state index in [4.69, 9.17) is 4.74 Å². The van der Waals surface area contributed by atoms with E-state index >= 15 is 0 Å². The fraction of sp³-hybridized carbons (Fsp3) is 0.312. The molecule has 0 saturated carbocycles. The van der Waals surface area contributed by atoms with Crippen LogP contribution in [0.4, 0.5) is 5.82 Å². The van der Waals surface area contributed by atoms with Crippen molar-refractivity contribution in [2.75, 3.05) is 25.1 Å². The third-order valence-corrected chi connectivity index (χ3v) is 4.11. The highest BCUT2D eigenvalue weighted by molar-refractivity contribution is 5.71. The largest absolute Gasteiger partial charge is 0.481 e. The molecule has 1 saturated heterocycles. The highest BCUT2D eigenvalue weighted by atomic mass is 16.5. The summed E-state index contributed by atoms with van der Waals surface area (Å²) in [5.41, 5.74) is 2.68. The molecular weight excluding hydrogens is 294 g/mol. The maximum atomic E-state index is 9.75. The molecule has 7 heteroatoms. The summed E-state index contributed by atoms with van der Waals surface area (Å²) in [5, 5.41) is 9.75. The molecule has 4 rings (SSSR count). The van der Waals surface area contributed by atoms with E-state index in [0.717, 1.165) is 35.7 Å². The number of anilines is 1. The summed E-state index contributed by atoms with van der Waals surface area (Å²) in [4.78, 5) is 15.3. The number of hydrogen-bond donors (Lipinski definition) is 1. The van der Waals surface area contributed by atoms with Crippen molar-refractivity contribution in [3.63, 3.8) is 0 Å². The van der Waals surface area contributed by atoms with E-state index in [1.807, 2.05) is 28.9 Å². The molecule has 0 aromatic carbocycles. The number of ether oxygens (including phenoxy) is 1. The van der Waals surface area contributed by atoms with Gasteiger partial charge in [-0.3, -0.25) is 4.40 Å². The van der Waals surface area contributed by atoms with Crippen molar-refractivity contribution in [2.45, 2.75) is 12.5 Å². The zero-order chi connectivity index (χ0) is 15.8. The average Bonchev–Trinajstić information content (AvgIpc) is 3.21. The first-order valence-corrected chi connectivity index (χ1v) is 7.52. The quantitative estimate of drug-likeness (QED) is 0.787. The van der Waals surface area contributed by atoms with Gasteiger partial charge in [0.1, 0.15) is 0 Å². The molecule has 23 heavy (non-hydrogen) atoms. The topological polar surface area (TPSA) is 75.8 Å². The maximum Gasteiger partial charge on any atom is 0.212 e. The van der Waals surface area contributed by atoms with E-state index < -0.39 is 0 Å². The van der Waals surface area contributed by atoms with Gasteiger partial charge in [-0.25, -0.2) is 15.0 Å². The molecule has 118 valence electrons.